The predicted octanol–water partition coefficient (Wildman–Crippen LogP) is 2.89. The molecule has 4 rings (SSSR count). The lowest BCUT2D eigenvalue weighted by atomic mass is 9.82. The van der Waals surface area contributed by atoms with Crippen LogP contribution >= 0.6 is 0 Å². The number of ketones is 1. The summed E-state index contributed by atoms with van der Waals surface area (Å²) in [4.78, 5) is 45.8. The zero-order valence-corrected chi connectivity index (χ0v) is 19.5. The van der Waals surface area contributed by atoms with E-state index in [1.807, 2.05) is 57.1 Å². The van der Waals surface area contributed by atoms with Crippen LogP contribution in [-0.2, 0) is 19.9 Å². The van der Waals surface area contributed by atoms with Gasteiger partial charge in [-0.3, -0.25) is 14.4 Å². The molecule has 1 unspecified atom stereocenters. The van der Waals surface area contributed by atoms with E-state index in [0.29, 0.717) is 36.3 Å². The van der Waals surface area contributed by atoms with E-state index in [2.05, 4.69) is 0 Å². The second-order valence-electron chi connectivity index (χ2n) is 8.86. The minimum Gasteiger partial charge on any atom is -0.507 e. The van der Waals surface area contributed by atoms with Gasteiger partial charge in [-0.25, -0.2) is 0 Å². The third-order valence-corrected chi connectivity index (χ3v) is 6.35. The third-order valence-electron chi connectivity index (χ3n) is 6.35. The maximum atomic E-state index is 14.1. The summed E-state index contributed by atoms with van der Waals surface area (Å²) in [5.74, 6) is -2.32. The predicted molar refractivity (Wildman–Crippen MR) is 127 cm³/mol. The van der Waals surface area contributed by atoms with Crippen LogP contribution in [0.1, 0.15) is 30.0 Å². The Morgan fingerprint density at radius 2 is 1.67 bits per heavy atom. The van der Waals surface area contributed by atoms with E-state index >= 15 is 0 Å². The Bertz CT molecular complexity index is 1150. The lowest BCUT2D eigenvalue weighted by Gasteiger charge is -2.35. The molecule has 2 aliphatic rings. The molecule has 2 aliphatic heterocycles. The summed E-state index contributed by atoms with van der Waals surface area (Å²) in [5, 5.41) is 11.4. The standard InChI is InChI=1S/C26H29N3O4/c1-5-14-28-20-9-7-6-8-19(20)26(25(28)33)21(22(30)18-12-10-17(2)11-13-18)23(31)24(32)29(26)16-15-27(3)4/h6-13,30H,5,14-16H2,1-4H3. The van der Waals surface area contributed by atoms with Gasteiger partial charge in [0.05, 0.1) is 11.3 Å². The van der Waals surface area contributed by atoms with Crippen LogP contribution in [0.5, 0.6) is 0 Å². The average Bonchev–Trinajstić information content (AvgIpc) is 3.16. The van der Waals surface area contributed by atoms with Crippen molar-refractivity contribution in [2.24, 2.45) is 0 Å². The van der Waals surface area contributed by atoms with Gasteiger partial charge in [0.2, 0.25) is 0 Å². The molecular formula is C26H29N3O4. The molecule has 1 N–H and O–H groups in total. The lowest BCUT2D eigenvalue weighted by Crippen LogP contribution is -2.53. The van der Waals surface area contributed by atoms with E-state index in [1.165, 1.54) is 4.90 Å². The Kier molecular flexibility index (Phi) is 5.84. The molecular weight excluding hydrogens is 418 g/mol. The first-order valence-electron chi connectivity index (χ1n) is 11.2. The topological polar surface area (TPSA) is 81.2 Å². The Labute approximate surface area is 193 Å². The number of aliphatic hydroxyl groups excluding tert-OH is 1. The number of hydrogen-bond donors (Lipinski definition) is 1. The number of para-hydroxylation sites is 1. The molecule has 1 fully saturated rings. The first kappa shape index (κ1) is 22.7. The molecule has 2 aromatic rings. The Hall–Kier alpha value is -3.45. The van der Waals surface area contributed by atoms with Crippen LogP contribution in [0.3, 0.4) is 0 Å². The number of aryl methyl sites for hydroxylation is 1. The number of nitrogens with zero attached hydrogens (tertiary/aromatic N) is 3. The summed E-state index contributed by atoms with van der Waals surface area (Å²) >= 11 is 0. The Morgan fingerprint density at radius 1 is 1.00 bits per heavy atom. The number of benzene rings is 2. The number of anilines is 1. The van der Waals surface area contributed by atoms with Crippen LogP contribution in [0, 0.1) is 6.92 Å². The van der Waals surface area contributed by atoms with Crippen LogP contribution in [0.15, 0.2) is 54.1 Å². The second-order valence-corrected chi connectivity index (χ2v) is 8.86. The fourth-order valence-corrected chi connectivity index (χ4v) is 4.77. The zero-order valence-electron chi connectivity index (χ0n) is 19.5. The maximum absolute atomic E-state index is 14.1. The molecule has 7 heteroatoms. The number of carbonyl (C=O) groups excluding carboxylic acids is 3. The fraction of sp³-hybridized carbons (Fsp3) is 0.346. The number of Topliss-reactive ketones (excluding diaryl/α,β-unsaturated/α-hetero) is 1. The highest BCUT2D eigenvalue weighted by Gasteiger charge is 2.66. The summed E-state index contributed by atoms with van der Waals surface area (Å²) in [5.41, 5.74) is 0.747. The highest BCUT2D eigenvalue weighted by Crippen LogP contribution is 2.53. The van der Waals surface area contributed by atoms with Crippen molar-refractivity contribution >= 4 is 29.0 Å². The second kappa shape index (κ2) is 8.48. The molecule has 0 saturated carbocycles. The number of hydrogen-bond acceptors (Lipinski definition) is 5. The number of likely N-dealkylation sites (N-methyl/N-ethyl adjacent to an activating group) is 1. The minimum absolute atomic E-state index is 0.161. The number of carbonyl (C=O) groups is 3. The van der Waals surface area contributed by atoms with Crippen LogP contribution in [-0.4, -0.2) is 66.2 Å². The maximum Gasteiger partial charge on any atom is 0.296 e. The van der Waals surface area contributed by atoms with Crippen molar-refractivity contribution in [2.75, 3.05) is 38.6 Å². The van der Waals surface area contributed by atoms with E-state index in [-0.39, 0.29) is 23.8 Å². The van der Waals surface area contributed by atoms with Gasteiger partial charge in [-0.1, -0.05) is 55.0 Å². The highest BCUT2D eigenvalue weighted by molar-refractivity contribution is 6.50. The molecule has 0 aliphatic carbocycles. The molecule has 0 aromatic heterocycles. The summed E-state index contributed by atoms with van der Waals surface area (Å²) in [6.45, 7) is 4.96. The van der Waals surface area contributed by atoms with Gasteiger partial charge < -0.3 is 19.8 Å². The Balaban J connectivity index is 2.04. The number of likely N-dealkylation sites (tertiary alicyclic amines) is 1. The van der Waals surface area contributed by atoms with Crippen molar-refractivity contribution in [3.63, 3.8) is 0 Å². The molecule has 33 heavy (non-hydrogen) atoms. The third kappa shape index (κ3) is 3.35. The van der Waals surface area contributed by atoms with E-state index < -0.39 is 17.2 Å². The summed E-state index contributed by atoms with van der Waals surface area (Å²) < 4.78 is 0. The molecule has 1 atom stereocenters. The van der Waals surface area contributed by atoms with Crippen molar-refractivity contribution in [3.05, 3.63) is 70.8 Å². The van der Waals surface area contributed by atoms with E-state index in [4.69, 9.17) is 0 Å². The smallest absolute Gasteiger partial charge is 0.296 e. The number of amides is 2. The van der Waals surface area contributed by atoms with Gasteiger partial charge in [0.1, 0.15) is 5.76 Å². The monoisotopic (exact) mass is 447 g/mol. The first-order valence-corrected chi connectivity index (χ1v) is 11.2. The lowest BCUT2D eigenvalue weighted by molar-refractivity contribution is -0.143. The van der Waals surface area contributed by atoms with Gasteiger partial charge in [-0.05, 0) is 33.5 Å². The average molecular weight is 448 g/mol. The van der Waals surface area contributed by atoms with Crippen LogP contribution < -0.4 is 4.90 Å². The summed E-state index contributed by atoms with van der Waals surface area (Å²) in [6, 6.07) is 14.3. The first-order chi connectivity index (χ1) is 15.7. The molecule has 0 radical (unpaired) electrons. The van der Waals surface area contributed by atoms with Crippen molar-refractivity contribution in [3.8, 4) is 0 Å². The highest BCUT2D eigenvalue weighted by atomic mass is 16.3. The van der Waals surface area contributed by atoms with E-state index in [1.54, 1.807) is 29.2 Å². The zero-order chi connectivity index (χ0) is 23.9. The van der Waals surface area contributed by atoms with Crippen molar-refractivity contribution in [2.45, 2.75) is 25.8 Å². The SMILES string of the molecule is CCCN1C(=O)C2(C(=C(O)c3ccc(C)cc3)C(=O)C(=O)N2CCN(C)C)c2ccccc21. The minimum atomic E-state index is -1.69. The molecule has 2 heterocycles. The molecule has 1 spiro atoms. The Morgan fingerprint density at radius 3 is 2.30 bits per heavy atom. The number of fused-ring (bicyclic) bond motifs is 2. The molecule has 1 saturated heterocycles. The van der Waals surface area contributed by atoms with Gasteiger partial charge in [0.25, 0.3) is 17.6 Å². The van der Waals surface area contributed by atoms with Gasteiger partial charge in [-0.2, -0.15) is 0 Å². The number of aliphatic hydroxyl groups is 1. The van der Waals surface area contributed by atoms with Crippen LogP contribution in [0.4, 0.5) is 5.69 Å². The van der Waals surface area contributed by atoms with Gasteiger partial charge in [0, 0.05) is 30.8 Å². The molecule has 7 nitrogen and oxygen atoms in total. The fourth-order valence-electron chi connectivity index (χ4n) is 4.77. The number of rotatable bonds is 6. The molecule has 2 amide bonds. The molecule has 0 bridgehead atoms. The van der Waals surface area contributed by atoms with Gasteiger partial charge >= 0.3 is 0 Å². The largest absolute Gasteiger partial charge is 0.507 e. The van der Waals surface area contributed by atoms with Crippen molar-refractivity contribution in [1.82, 2.24) is 9.80 Å². The van der Waals surface area contributed by atoms with Crippen molar-refractivity contribution in [1.29, 1.82) is 0 Å². The normalized spacial score (nSPS) is 21.5. The van der Waals surface area contributed by atoms with E-state index in [0.717, 1.165) is 5.56 Å². The van der Waals surface area contributed by atoms with Crippen molar-refractivity contribution < 1.29 is 19.5 Å². The summed E-state index contributed by atoms with van der Waals surface area (Å²) in [7, 11) is 3.73. The quantitative estimate of drug-likeness (QED) is 0.418. The molecule has 2 aromatic carbocycles. The van der Waals surface area contributed by atoms with Gasteiger partial charge in [0.15, 0.2) is 5.54 Å². The molecule has 172 valence electrons. The van der Waals surface area contributed by atoms with Gasteiger partial charge in [-0.15, -0.1) is 0 Å². The van der Waals surface area contributed by atoms with E-state index in [9.17, 15) is 19.5 Å². The van der Waals surface area contributed by atoms with Crippen LogP contribution in [0.25, 0.3) is 5.76 Å². The summed E-state index contributed by atoms with van der Waals surface area (Å²) in [6.07, 6.45) is 0.707. The van der Waals surface area contributed by atoms with Crippen LogP contribution in [0.2, 0.25) is 0 Å².